The Bertz CT molecular complexity index is 714. The van der Waals surface area contributed by atoms with Crippen molar-refractivity contribution < 1.29 is 9.53 Å². The molecule has 0 bridgehead atoms. The van der Waals surface area contributed by atoms with E-state index < -0.39 is 0 Å². The van der Waals surface area contributed by atoms with Crippen LogP contribution in [-0.2, 0) is 11.2 Å². The van der Waals surface area contributed by atoms with Crippen molar-refractivity contribution in [1.29, 1.82) is 0 Å². The number of nitrogens with zero attached hydrogens (tertiary/aromatic N) is 3. The Hall–Kier alpha value is -2.51. The molecule has 2 heterocycles. The van der Waals surface area contributed by atoms with Crippen LogP contribution in [0.2, 0.25) is 0 Å². The standard InChI is InChI=1S/C19H25N5O2/c1-2-15-3-5-16(6-4-15)22-18(25)17-7-8-20-19(23-17)21-9-10-24-11-13-26-14-12-24/h3-8H,2,9-14H2,1H3,(H,22,25)(H,20,21,23). The number of amides is 1. The molecule has 1 fully saturated rings. The Kier molecular flexibility index (Phi) is 6.51. The fourth-order valence-corrected chi connectivity index (χ4v) is 2.74. The molecule has 1 amide bonds. The minimum atomic E-state index is -0.243. The molecular formula is C19H25N5O2. The fourth-order valence-electron chi connectivity index (χ4n) is 2.74. The molecule has 1 aliphatic rings. The van der Waals surface area contributed by atoms with Gasteiger partial charge >= 0.3 is 0 Å². The molecule has 7 nitrogen and oxygen atoms in total. The van der Waals surface area contributed by atoms with Gasteiger partial charge in [0, 0.05) is 38.1 Å². The van der Waals surface area contributed by atoms with Crippen LogP contribution in [0.15, 0.2) is 36.5 Å². The zero-order valence-electron chi connectivity index (χ0n) is 15.1. The van der Waals surface area contributed by atoms with Crippen LogP contribution >= 0.6 is 0 Å². The van der Waals surface area contributed by atoms with E-state index >= 15 is 0 Å². The summed E-state index contributed by atoms with van der Waals surface area (Å²) >= 11 is 0. The number of hydrogen-bond donors (Lipinski definition) is 2. The van der Waals surface area contributed by atoms with Gasteiger partial charge in [-0.1, -0.05) is 19.1 Å². The average Bonchev–Trinajstić information content (AvgIpc) is 2.69. The maximum atomic E-state index is 12.4. The smallest absolute Gasteiger partial charge is 0.274 e. The number of hydrogen-bond acceptors (Lipinski definition) is 6. The molecule has 0 unspecified atom stereocenters. The number of rotatable bonds is 7. The van der Waals surface area contributed by atoms with E-state index in [0.717, 1.165) is 51.5 Å². The minimum absolute atomic E-state index is 0.243. The Balaban J connectivity index is 1.52. The number of carbonyl (C=O) groups is 1. The summed E-state index contributed by atoms with van der Waals surface area (Å²) in [5, 5.41) is 6.05. The number of aryl methyl sites for hydroxylation is 1. The first-order valence-corrected chi connectivity index (χ1v) is 9.02. The lowest BCUT2D eigenvalue weighted by molar-refractivity contribution is 0.0398. The van der Waals surface area contributed by atoms with E-state index in [-0.39, 0.29) is 5.91 Å². The van der Waals surface area contributed by atoms with Gasteiger partial charge in [-0.15, -0.1) is 0 Å². The van der Waals surface area contributed by atoms with Gasteiger partial charge in [0.2, 0.25) is 5.95 Å². The number of ether oxygens (including phenoxy) is 1. The third-order valence-electron chi connectivity index (χ3n) is 4.32. The van der Waals surface area contributed by atoms with Crippen LogP contribution in [0.5, 0.6) is 0 Å². The van der Waals surface area contributed by atoms with Gasteiger partial charge in [0.05, 0.1) is 13.2 Å². The third-order valence-corrected chi connectivity index (χ3v) is 4.32. The highest BCUT2D eigenvalue weighted by atomic mass is 16.5. The summed E-state index contributed by atoms with van der Waals surface area (Å²) in [5.74, 6) is 0.222. The summed E-state index contributed by atoms with van der Waals surface area (Å²) in [7, 11) is 0. The predicted molar refractivity (Wildman–Crippen MR) is 102 cm³/mol. The molecule has 1 aromatic heterocycles. The summed E-state index contributed by atoms with van der Waals surface area (Å²) in [5.41, 5.74) is 2.33. The lowest BCUT2D eigenvalue weighted by Gasteiger charge is -2.26. The summed E-state index contributed by atoms with van der Waals surface area (Å²) in [6.45, 7) is 7.18. The molecular weight excluding hydrogens is 330 g/mol. The van der Waals surface area contributed by atoms with Crippen molar-refractivity contribution in [1.82, 2.24) is 14.9 Å². The van der Waals surface area contributed by atoms with E-state index in [0.29, 0.717) is 11.6 Å². The van der Waals surface area contributed by atoms with Crippen LogP contribution in [-0.4, -0.2) is 60.2 Å². The van der Waals surface area contributed by atoms with Crippen molar-refractivity contribution in [3.05, 3.63) is 47.8 Å². The quantitative estimate of drug-likeness (QED) is 0.791. The summed E-state index contributed by atoms with van der Waals surface area (Å²) in [4.78, 5) is 23.2. The second-order valence-corrected chi connectivity index (χ2v) is 6.15. The van der Waals surface area contributed by atoms with Crippen molar-refractivity contribution in [3.63, 3.8) is 0 Å². The number of anilines is 2. The molecule has 2 aromatic rings. The Morgan fingerprint density at radius 3 is 2.69 bits per heavy atom. The van der Waals surface area contributed by atoms with Crippen LogP contribution in [0.4, 0.5) is 11.6 Å². The normalized spacial score (nSPS) is 14.8. The van der Waals surface area contributed by atoms with E-state index in [1.165, 1.54) is 5.56 Å². The van der Waals surface area contributed by atoms with Gasteiger partial charge < -0.3 is 15.4 Å². The van der Waals surface area contributed by atoms with E-state index in [4.69, 9.17) is 4.74 Å². The molecule has 0 aliphatic carbocycles. The Labute approximate surface area is 153 Å². The average molecular weight is 355 g/mol. The SMILES string of the molecule is CCc1ccc(NC(=O)c2ccnc(NCCN3CCOCC3)n2)cc1. The van der Waals surface area contributed by atoms with Gasteiger partial charge in [-0.05, 0) is 30.2 Å². The van der Waals surface area contributed by atoms with Gasteiger partial charge in [-0.3, -0.25) is 9.69 Å². The zero-order valence-corrected chi connectivity index (χ0v) is 15.1. The van der Waals surface area contributed by atoms with Gasteiger partial charge in [-0.2, -0.15) is 0 Å². The minimum Gasteiger partial charge on any atom is -0.379 e. The molecule has 7 heteroatoms. The van der Waals surface area contributed by atoms with Crippen LogP contribution in [0, 0.1) is 0 Å². The van der Waals surface area contributed by atoms with Crippen LogP contribution in [0.25, 0.3) is 0 Å². The van der Waals surface area contributed by atoms with Crippen molar-refractivity contribution in [2.75, 3.05) is 50.0 Å². The van der Waals surface area contributed by atoms with Gasteiger partial charge in [0.1, 0.15) is 5.69 Å². The highest BCUT2D eigenvalue weighted by Gasteiger charge is 2.11. The van der Waals surface area contributed by atoms with E-state index in [2.05, 4.69) is 32.4 Å². The van der Waals surface area contributed by atoms with Crippen molar-refractivity contribution >= 4 is 17.5 Å². The highest BCUT2D eigenvalue weighted by molar-refractivity contribution is 6.02. The van der Waals surface area contributed by atoms with Crippen LogP contribution < -0.4 is 10.6 Å². The number of carbonyl (C=O) groups excluding carboxylic acids is 1. The molecule has 138 valence electrons. The summed E-state index contributed by atoms with van der Waals surface area (Å²) < 4.78 is 5.34. The largest absolute Gasteiger partial charge is 0.379 e. The molecule has 0 spiro atoms. The van der Waals surface area contributed by atoms with Crippen molar-refractivity contribution in [3.8, 4) is 0 Å². The topological polar surface area (TPSA) is 79.4 Å². The fraction of sp³-hybridized carbons (Fsp3) is 0.421. The maximum Gasteiger partial charge on any atom is 0.274 e. The molecule has 0 atom stereocenters. The highest BCUT2D eigenvalue weighted by Crippen LogP contribution is 2.11. The molecule has 1 saturated heterocycles. The summed E-state index contributed by atoms with van der Waals surface area (Å²) in [6.07, 6.45) is 2.57. The first-order valence-electron chi connectivity index (χ1n) is 9.02. The number of benzene rings is 1. The molecule has 3 rings (SSSR count). The van der Waals surface area contributed by atoms with Gasteiger partial charge in [0.25, 0.3) is 5.91 Å². The monoisotopic (exact) mass is 355 g/mol. The van der Waals surface area contributed by atoms with E-state index in [1.54, 1.807) is 12.3 Å². The van der Waals surface area contributed by atoms with Crippen LogP contribution in [0.1, 0.15) is 23.0 Å². The van der Waals surface area contributed by atoms with Gasteiger partial charge in [0.15, 0.2) is 0 Å². The van der Waals surface area contributed by atoms with Crippen LogP contribution in [0.3, 0.4) is 0 Å². The van der Waals surface area contributed by atoms with Gasteiger partial charge in [-0.25, -0.2) is 9.97 Å². The maximum absolute atomic E-state index is 12.4. The second kappa shape index (κ2) is 9.26. The number of aromatic nitrogens is 2. The molecule has 1 aromatic carbocycles. The molecule has 1 aliphatic heterocycles. The predicted octanol–water partition coefficient (Wildman–Crippen LogP) is 2.04. The summed E-state index contributed by atoms with van der Waals surface area (Å²) in [6, 6.07) is 9.43. The van der Waals surface area contributed by atoms with Crippen molar-refractivity contribution in [2.24, 2.45) is 0 Å². The van der Waals surface area contributed by atoms with Crippen molar-refractivity contribution in [2.45, 2.75) is 13.3 Å². The number of morpholine rings is 1. The van der Waals surface area contributed by atoms with E-state index in [9.17, 15) is 4.79 Å². The molecule has 26 heavy (non-hydrogen) atoms. The number of nitrogens with one attached hydrogen (secondary N) is 2. The van der Waals surface area contributed by atoms with E-state index in [1.807, 2.05) is 24.3 Å². The molecule has 0 radical (unpaired) electrons. The molecule has 0 saturated carbocycles. The zero-order chi connectivity index (χ0) is 18.2. The Morgan fingerprint density at radius 2 is 1.96 bits per heavy atom. The second-order valence-electron chi connectivity index (χ2n) is 6.15. The molecule has 2 N–H and O–H groups in total. The lowest BCUT2D eigenvalue weighted by atomic mass is 10.1. The first kappa shape index (κ1) is 18.3. The first-order chi connectivity index (χ1) is 12.7. The lowest BCUT2D eigenvalue weighted by Crippen LogP contribution is -2.39. The third kappa shape index (κ3) is 5.24. The Morgan fingerprint density at radius 1 is 1.19 bits per heavy atom.